The number of aliphatic hydroxyl groups excluding tert-OH is 1. The number of ether oxygens (including phenoxy) is 3. The van der Waals surface area contributed by atoms with Crippen molar-refractivity contribution in [2.75, 3.05) is 13.7 Å². The summed E-state index contributed by atoms with van der Waals surface area (Å²) in [6, 6.07) is 27.4. The van der Waals surface area contributed by atoms with Crippen LogP contribution in [0.15, 0.2) is 84.9 Å². The minimum atomic E-state index is -0.699. The Labute approximate surface area is 198 Å². The largest absolute Gasteiger partial charge is 0.493 e. The van der Waals surface area contributed by atoms with Gasteiger partial charge in [-0.3, -0.25) is 0 Å². The van der Waals surface area contributed by atoms with Crippen LogP contribution in [0.25, 0.3) is 10.8 Å². The Balaban J connectivity index is 1.29. The van der Waals surface area contributed by atoms with Crippen LogP contribution in [0.3, 0.4) is 0 Å². The van der Waals surface area contributed by atoms with E-state index in [2.05, 4.69) is 30.3 Å². The van der Waals surface area contributed by atoms with E-state index in [1.165, 1.54) is 17.9 Å². The van der Waals surface area contributed by atoms with Gasteiger partial charge < -0.3 is 19.3 Å². The first-order valence-corrected chi connectivity index (χ1v) is 11.3. The maximum atomic E-state index is 11.8. The molecule has 34 heavy (non-hydrogen) atoms. The molecule has 5 rings (SSSR count). The van der Waals surface area contributed by atoms with Crippen molar-refractivity contribution in [1.29, 1.82) is 0 Å². The maximum absolute atomic E-state index is 11.8. The van der Waals surface area contributed by atoms with Crippen molar-refractivity contribution in [3.05, 3.63) is 107 Å². The van der Waals surface area contributed by atoms with E-state index in [9.17, 15) is 9.90 Å². The molecule has 1 aliphatic heterocycles. The predicted octanol–water partition coefficient (Wildman–Crippen LogP) is 5.49. The summed E-state index contributed by atoms with van der Waals surface area (Å²) < 4.78 is 16.8. The second-order valence-corrected chi connectivity index (χ2v) is 8.58. The molecule has 4 aromatic carbocycles. The van der Waals surface area contributed by atoms with Gasteiger partial charge in [-0.15, -0.1) is 0 Å². The smallest absolute Gasteiger partial charge is 0.337 e. The van der Waals surface area contributed by atoms with Crippen LogP contribution in [0, 0.1) is 5.92 Å². The van der Waals surface area contributed by atoms with Crippen molar-refractivity contribution in [1.82, 2.24) is 0 Å². The minimum absolute atomic E-state index is 0.142. The van der Waals surface area contributed by atoms with E-state index in [1.54, 1.807) is 12.1 Å². The normalized spacial score (nSPS) is 17.0. The Morgan fingerprint density at radius 2 is 1.79 bits per heavy atom. The third-order valence-corrected chi connectivity index (χ3v) is 6.26. The van der Waals surface area contributed by atoms with Crippen molar-refractivity contribution in [2.24, 2.45) is 5.92 Å². The van der Waals surface area contributed by atoms with Gasteiger partial charge in [-0.1, -0.05) is 48.5 Å². The maximum Gasteiger partial charge on any atom is 0.337 e. The van der Waals surface area contributed by atoms with Crippen LogP contribution in [0.5, 0.6) is 11.5 Å². The van der Waals surface area contributed by atoms with Gasteiger partial charge in [0.25, 0.3) is 0 Å². The molecular formula is C29H26O5. The topological polar surface area (TPSA) is 65.0 Å². The Bertz CT molecular complexity index is 1330. The fourth-order valence-electron chi connectivity index (χ4n) is 4.43. The second-order valence-electron chi connectivity index (χ2n) is 8.58. The predicted molar refractivity (Wildman–Crippen MR) is 130 cm³/mol. The van der Waals surface area contributed by atoms with E-state index in [0.717, 1.165) is 16.7 Å². The summed E-state index contributed by atoms with van der Waals surface area (Å²) in [5.74, 6) is 0.838. The molecule has 2 atom stereocenters. The fourth-order valence-corrected chi connectivity index (χ4v) is 4.43. The Morgan fingerprint density at radius 3 is 2.65 bits per heavy atom. The molecule has 0 fully saturated rings. The summed E-state index contributed by atoms with van der Waals surface area (Å²) >= 11 is 0. The average molecular weight is 455 g/mol. The third-order valence-electron chi connectivity index (χ3n) is 6.26. The molecule has 0 aliphatic carbocycles. The highest BCUT2D eigenvalue weighted by Crippen LogP contribution is 2.39. The monoisotopic (exact) mass is 454 g/mol. The number of esters is 1. The van der Waals surface area contributed by atoms with Crippen molar-refractivity contribution in [2.45, 2.75) is 19.1 Å². The zero-order valence-electron chi connectivity index (χ0n) is 18.9. The number of aliphatic hydroxyl groups is 1. The number of carbonyl (C=O) groups is 1. The van der Waals surface area contributed by atoms with Gasteiger partial charge in [-0.2, -0.15) is 0 Å². The molecule has 0 bridgehead atoms. The van der Waals surface area contributed by atoms with Crippen molar-refractivity contribution < 1.29 is 24.1 Å². The number of carbonyl (C=O) groups excluding carboxylic acids is 1. The number of methoxy groups -OCH3 is 1. The van der Waals surface area contributed by atoms with E-state index in [-0.39, 0.29) is 11.9 Å². The van der Waals surface area contributed by atoms with Gasteiger partial charge in [0.05, 0.1) is 25.4 Å². The van der Waals surface area contributed by atoms with Crippen LogP contribution in [0.1, 0.15) is 33.2 Å². The molecule has 1 aliphatic rings. The summed E-state index contributed by atoms with van der Waals surface area (Å²) in [6.45, 7) is 0.832. The van der Waals surface area contributed by atoms with Crippen molar-refractivity contribution in [3.8, 4) is 11.5 Å². The minimum Gasteiger partial charge on any atom is -0.493 e. The first kappa shape index (κ1) is 22.0. The number of hydrogen-bond donors (Lipinski definition) is 1. The first-order chi connectivity index (χ1) is 16.6. The van der Waals surface area contributed by atoms with Crippen LogP contribution in [0.2, 0.25) is 0 Å². The first-order valence-electron chi connectivity index (χ1n) is 11.3. The highest BCUT2D eigenvalue weighted by Gasteiger charge is 2.30. The molecule has 4 aromatic rings. The third kappa shape index (κ3) is 4.61. The van der Waals surface area contributed by atoms with E-state index in [4.69, 9.17) is 14.2 Å². The zero-order chi connectivity index (χ0) is 23.5. The van der Waals surface area contributed by atoms with Gasteiger partial charge in [-0.05, 0) is 64.7 Å². The molecule has 5 nitrogen and oxygen atoms in total. The number of fused-ring (bicyclic) bond motifs is 2. The molecule has 0 spiro atoms. The number of hydrogen-bond acceptors (Lipinski definition) is 5. The fraction of sp³-hybridized carbons (Fsp3) is 0.207. The molecular weight excluding hydrogens is 428 g/mol. The summed E-state index contributed by atoms with van der Waals surface area (Å²) in [5, 5.41) is 13.5. The SMILES string of the molecule is COC(=O)c1cccc(C[C@@H]2COc3ccc(OCc4ccc5ccccc5c4)cc3[C@@H]2O)c1. The van der Waals surface area contributed by atoms with Crippen LogP contribution in [-0.2, 0) is 17.8 Å². The molecule has 0 amide bonds. The lowest BCUT2D eigenvalue weighted by Crippen LogP contribution is -2.27. The molecule has 0 radical (unpaired) electrons. The van der Waals surface area contributed by atoms with E-state index in [0.29, 0.717) is 36.7 Å². The van der Waals surface area contributed by atoms with Crippen LogP contribution in [-0.4, -0.2) is 24.8 Å². The van der Waals surface area contributed by atoms with E-state index < -0.39 is 6.10 Å². The molecule has 1 N–H and O–H groups in total. The molecule has 0 aromatic heterocycles. The van der Waals surface area contributed by atoms with Crippen molar-refractivity contribution >= 4 is 16.7 Å². The molecule has 0 saturated heterocycles. The Kier molecular flexibility index (Phi) is 6.19. The van der Waals surface area contributed by atoms with E-state index in [1.807, 2.05) is 42.5 Å². The highest BCUT2D eigenvalue weighted by atomic mass is 16.5. The molecule has 0 unspecified atom stereocenters. The van der Waals surface area contributed by atoms with Gasteiger partial charge in [0, 0.05) is 11.5 Å². The van der Waals surface area contributed by atoms with Gasteiger partial charge in [-0.25, -0.2) is 4.79 Å². The van der Waals surface area contributed by atoms with Crippen LogP contribution >= 0.6 is 0 Å². The molecule has 1 heterocycles. The second kappa shape index (κ2) is 9.57. The van der Waals surface area contributed by atoms with Crippen LogP contribution in [0.4, 0.5) is 0 Å². The van der Waals surface area contributed by atoms with Gasteiger partial charge >= 0.3 is 5.97 Å². The average Bonchev–Trinajstić information content (AvgIpc) is 2.89. The number of rotatable bonds is 6. The van der Waals surface area contributed by atoms with Crippen LogP contribution < -0.4 is 9.47 Å². The Morgan fingerprint density at radius 1 is 0.941 bits per heavy atom. The standard InChI is InChI=1S/C29H26O5/c1-32-29(31)23-8-4-5-19(13-23)14-24-18-34-27-12-11-25(16-26(27)28(24)30)33-17-20-9-10-21-6-2-3-7-22(21)15-20/h2-13,15-16,24,28,30H,14,17-18H2,1H3/t24-,28-/m1/s1. The quantitative estimate of drug-likeness (QED) is 0.390. The van der Waals surface area contributed by atoms with E-state index >= 15 is 0 Å². The van der Waals surface area contributed by atoms with Gasteiger partial charge in [0.2, 0.25) is 0 Å². The summed E-state index contributed by atoms with van der Waals surface area (Å²) in [4.78, 5) is 11.8. The highest BCUT2D eigenvalue weighted by molar-refractivity contribution is 5.89. The summed E-state index contributed by atoms with van der Waals surface area (Å²) in [6.07, 6.45) is -0.122. The lowest BCUT2D eigenvalue weighted by atomic mass is 9.88. The zero-order valence-corrected chi connectivity index (χ0v) is 18.9. The lowest BCUT2D eigenvalue weighted by molar-refractivity contribution is 0.0504. The molecule has 0 saturated carbocycles. The summed E-state index contributed by atoms with van der Waals surface area (Å²) in [7, 11) is 1.37. The molecule has 5 heteroatoms. The van der Waals surface area contributed by atoms with Gasteiger partial charge in [0.15, 0.2) is 0 Å². The van der Waals surface area contributed by atoms with Gasteiger partial charge in [0.1, 0.15) is 18.1 Å². The molecule has 172 valence electrons. The Hall–Kier alpha value is -3.83. The lowest BCUT2D eigenvalue weighted by Gasteiger charge is -2.30. The number of benzene rings is 4. The van der Waals surface area contributed by atoms with Crippen molar-refractivity contribution in [3.63, 3.8) is 0 Å². The summed E-state index contributed by atoms with van der Waals surface area (Å²) in [5.41, 5.74) is 3.24.